The lowest BCUT2D eigenvalue weighted by molar-refractivity contribution is 0.0940. The second-order valence-corrected chi connectivity index (χ2v) is 7.76. The van der Waals surface area contributed by atoms with Crippen LogP contribution in [0.3, 0.4) is 0 Å². The molecule has 3 atom stereocenters. The van der Waals surface area contributed by atoms with Crippen molar-refractivity contribution in [1.29, 1.82) is 0 Å². The van der Waals surface area contributed by atoms with E-state index in [0.29, 0.717) is 10.8 Å². The maximum absolute atomic E-state index is 3.79. The molecule has 0 radical (unpaired) electrons. The summed E-state index contributed by atoms with van der Waals surface area (Å²) in [5.74, 6) is 0.780. The number of nitrogens with zero attached hydrogens (tertiary/aromatic N) is 1. The molecule has 1 saturated heterocycles. The Morgan fingerprint density at radius 3 is 2.35 bits per heavy atom. The first-order valence-corrected chi connectivity index (χ1v) is 9.80. The van der Waals surface area contributed by atoms with E-state index in [2.05, 4.69) is 62.9 Å². The Bertz CT molecular complexity index is 257. The van der Waals surface area contributed by atoms with Crippen molar-refractivity contribution in [3.8, 4) is 0 Å². The minimum atomic E-state index is 0.449. The monoisotopic (exact) mass is 300 g/mol. The second kappa shape index (κ2) is 8.65. The van der Waals surface area contributed by atoms with Crippen LogP contribution in [0.15, 0.2) is 0 Å². The van der Waals surface area contributed by atoms with Gasteiger partial charge in [0.05, 0.1) is 0 Å². The summed E-state index contributed by atoms with van der Waals surface area (Å²) in [7, 11) is 0. The van der Waals surface area contributed by atoms with Gasteiger partial charge in [-0.2, -0.15) is 11.8 Å². The van der Waals surface area contributed by atoms with Gasteiger partial charge >= 0.3 is 0 Å². The average Bonchev–Trinajstić information content (AvgIpc) is 2.51. The van der Waals surface area contributed by atoms with Crippen molar-refractivity contribution >= 4 is 11.8 Å². The molecule has 20 heavy (non-hydrogen) atoms. The summed E-state index contributed by atoms with van der Waals surface area (Å²) in [5, 5.41) is 3.79. The van der Waals surface area contributed by atoms with Crippen LogP contribution in [0.2, 0.25) is 0 Å². The van der Waals surface area contributed by atoms with Crippen LogP contribution in [0.1, 0.15) is 60.3 Å². The van der Waals surface area contributed by atoms with Crippen LogP contribution in [0.4, 0.5) is 0 Å². The number of rotatable bonds is 8. The van der Waals surface area contributed by atoms with Gasteiger partial charge in [-0.05, 0) is 31.4 Å². The fraction of sp³-hybridized carbons (Fsp3) is 1.00. The Morgan fingerprint density at radius 2 is 1.90 bits per heavy atom. The van der Waals surface area contributed by atoms with Crippen molar-refractivity contribution in [2.45, 2.75) is 77.1 Å². The first kappa shape index (κ1) is 18.3. The molecular formula is C17H36N2S. The Hall–Kier alpha value is 0.270. The topological polar surface area (TPSA) is 15.3 Å². The molecule has 1 fully saturated rings. The van der Waals surface area contributed by atoms with Crippen LogP contribution in [-0.4, -0.2) is 47.6 Å². The Morgan fingerprint density at radius 1 is 1.25 bits per heavy atom. The average molecular weight is 301 g/mol. The smallest absolute Gasteiger partial charge is 0.0279 e. The highest BCUT2D eigenvalue weighted by molar-refractivity contribution is 8.00. The lowest BCUT2D eigenvalue weighted by Crippen LogP contribution is -2.60. The third kappa shape index (κ3) is 4.38. The summed E-state index contributed by atoms with van der Waals surface area (Å²) in [6, 6.07) is 1.40. The van der Waals surface area contributed by atoms with E-state index in [1.807, 2.05) is 0 Å². The van der Waals surface area contributed by atoms with Crippen molar-refractivity contribution in [3.05, 3.63) is 0 Å². The molecule has 0 aromatic heterocycles. The Labute approximate surface area is 131 Å². The van der Waals surface area contributed by atoms with Crippen LogP contribution >= 0.6 is 11.8 Å². The maximum atomic E-state index is 3.79. The molecule has 3 unspecified atom stereocenters. The number of nitrogens with one attached hydrogen (secondary N) is 1. The zero-order valence-corrected chi connectivity index (χ0v) is 15.4. The van der Waals surface area contributed by atoms with Crippen LogP contribution < -0.4 is 5.32 Å². The quantitative estimate of drug-likeness (QED) is 0.729. The largest absolute Gasteiger partial charge is 0.311 e. The molecule has 1 heterocycles. The molecule has 0 saturated carbocycles. The molecule has 0 aliphatic carbocycles. The zero-order chi connectivity index (χ0) is 15.2. The molecule has 0 spiro atoms. The standard InChI is InChI=1S/C17H36N2S/c1-7-14(5)16-12-19(15(8-2)11-18-16)13-17(9-3,10-4)20-6/h14-16,18H,7-13H2,1-6H3. The molecule has 3 heteroatoms. The predicted molar refractivity (Wildman–Crippen MR) is 93.7 cm³/mol. The Balaban J connectivity index is 2.76. The van der Waals surface area contributed by atoms with Crippen molar-refractivity contribution in [2.75, 3.05) is 25.9 Å². The highest BCUT2D eigenvalue weighted by Gasteiger charge is 2.35. The van der Waals surface area contributed by atoms with Gasteiger partial charge in [-0.1, -0.05) is 41.0 Å². The van der Waals surface area contributed by atoms with Crippen LogP contribution in [-0.2, 0) is 0 Å². The van der Waals surface area contributed by atoms with Crippen LogP contribution in [0.25, 0.3) is 0 Å². The van der Waals surface area contributed by atoms with Crippen LogP contribution in [0, 0.1) is 5.92 Å². The van der Waals surface area contributed by atoms with Crippen molar-refractivity contribution in [3.63, 3.8) is 0 Å². The SMILES string of the molecule is CCC(C)C1CN(CC(CC)(CC)SC)C(CC)CN1. The Kier molecular flexibility index (Phi) is 7.92. The van der Waals surface area contributed by atoms with E-state index in [9.17, 15) is 0 Å². The summed E-state index contributed by atoms with van der Waals surface area (Å²) in [6.07, 6.45) is 7.38. The molecule has 1 aliphatic heterocycles. The van der Waals surface area contributed by atoms with Gasteiger partial charge in [0, 0.05) is 36.5 Å². The van der Waals surface area contributed by atoms with Gasteiger partial charge < -0.3 is 5.32 Å². The molecule has 120 valence electrons. The van der Waals surface area contributed by atoms with Crippen molar-refractivity contribution in [2.24, 2.45) is 5.92 Å². The summed E-state index contributed by atoms with van der Waals surface area (Å²) >= 11 is 2.08. The normalized spacial score (nSPS) is 26.7. The fourth-order valence-corrected chi connectivity index (χ4v) is 4.21. The second-order valence-electron chi connectivity index (χ2n) is 6.49. The van der Waals surface area contributed by atoms with Crippen LogP contribution in [0.5, 0.6) is 0 Å². The molecule has 0 aromatic rings. The molecule has 1 rings (SSSR count). The molecule has 0 amide bonds. The minimum absolute atomic E-state index is 0.449. The van der Waals surface area contributed by atoms with E-state index in [0.717, 1.165) is 12.0 Å². The van der Waals surface area contributed by atoms with Gasteiger partial charge in [-0.25, -0.2) is 0 Å². The van der Waals surface area contributed by atoms with Gasteiger partial charge in [0.15, 0.2) is 0 Å². The maximum Gasteiger partial charge on any atom is 0.0279 e. The number of hydrogen-bond donors (Lipinski definition) is 1. The highest BCUT2D eigenvalue weighted by Crippen LogP contribution is 2.33. The fourth-order valence-electron chi connectivity index (χ4n) is 3.34. The summed E-state index contributed by atoms with van der Waals surface area (Å²) in [6.45, 7) is 15.4. The third-order valence-electron chi connectivity index (χ3n) is 5.58. The number of piperazine rings is 1. The predicted octanol–water partition coefficient (Wildman–Crippen LogP) is 4.01. The summed E-state index contributed by atoms with van der Waals surface area (Å²) in [5.41, 5.74) is 0. The number of hydrogen-bond acceptors (Lipinski definition) is 3. The first-order chi connectivity index (χ1) is 9.55. The van der Waals surface area contributed by atoms with Gasteiger partial charge in [0.25, 0.3) is 0 Å². The van der Waals surface area contributed by atoms with Gasteiger partial charge in [0.1, 0.15) is 0 Å². The molecule has 1 N–H and O–H groups in total. The van der Waals surface area contributed by atoms with Gasteiger partial charge in [-0.15, -0.1) is 0 Å². The molecular weight excluding hydrogens is 264 g/mol. The van der Waals surface area contributed by atoms with E-state index < -0.39 is 0 Å². The van der Waals surface area contributed by atoms with Crippen molar-refractivity contribution in [1.82, 2.24) is 10.2 Å². The first-order valence-electron chi connectivity index (χ1n) is 8.58. The van der Waals surface area contributed by atoms with E-state index in [1.165, 1.54) is 45.3 Å². The van der Waals surface area contributed by atoms with E-state index >= 15 is 0 Å². The van der Waals surface area contributed by atoms with Gasteiger partial charge in [0.2, 0.25) is 0 Å². The highest BCUT2D eigenvalue weighted by atomic mass is 32.2. The molecule has 2 nitrogen and oxygen atoms in total. The summed E-state index contributed by atoms with van der Waals surface area (Å²) in [4.78, 5) is 2.79. The van der Waals surface area contributed by atoms with E-state index in [-0.39, 0.29) is 0 Å². The lowest BCUT2D eigenvalue weighted by atomic mass is 9.93. The van der Waals surface area contributed by atoms with Crippen molar-refractivity contribution < 1.29 is 0 Å². The van der Waals surface area contributed by atoms with Gasteiger partial charge in [-0.3, -0.25) is 4.90 Å². The minimum Gasteiger partial charge on any atom is -0.311 e. The molecule has 0 bridgehead atoms. The summed E-state index contributed by atoms with van der Waals surface area (Å²) < 4.78 is 0.449. The molecule has 0 aromatic carbocycles. The van der Waals surface area contributed by atoms with E-state index in [4.69, 9.17) is 0 Å². The zero-order valence-electron chi connectivity index (χ0n) is 14.5. The lowest BCUT2D eigenvalue weighted by Gasteiger charge is -2.46. The van der Waals surface area contributed by atoms with E-state index in [1.54, 1.807) is 0 Å². The third-order valence-corrected chi connectivity index (χ3v) is 7.15. The number of thioether (sulfide) groups is 1. The molecule has 1 aliphatic rings.